The number of carboxylic acids is 1. The van der Waals surface area contributed by atoms with Crippen molar-refractivity contribution in [2.75, 3.05) is 0 Å². The van der Waals surface area contributed by atoms with Crippen molar-refractivity contribution in [2.24, 2.45) is 5.73 Å². The number of nitrogens with two attached hydrogens (primary N) is 1. The fourth-order valence-corrected chi connectivity index (χ4v) is 1.20. The van der Waals surface area contributed by atoms with Crippen molar-refractivity contribution in [2.45, 2.75) is 38.6 Å². The van der Waals surface area contributed by atoms with E-state index < -0.39 is 29.9 Å². The maximum Gasteiger partial charge on any atom is 0.321 e. The third-order valence-corrected chi connectivity index (χ3v) is 1.93. The number of nitrogens with one attached hydrogen (secondary N) is 2. The summed E-state index contributed by atoms with van der Waals surface area (Å²) in [7, 11) is 0. The zero-order chi connectivity index (χ0) is 14.1. The number of aliphatic carboxylic acids is 1. The number of carbonyl (C=O) groups is 4. The Bertz CT molecular complexity index is 342. The number of rotatable bonds is 7. The lowest BCUT2D eigenvalue weighted by Gasteiger charge is -2.12. The van der Waals surface area contributed by atoms with Gasteiger partial charge in [-0.3, -0.25) is 19.7 Å². The van der Waals surface area contributed by atoms with Gasteiger partial charge in [0.25, 0.3) is 0 Å². The molecule has 18 heavy (non-hydrogen) atoms. The Morgan fingerprint density at radius 2 is 1.83 bits per heavy atom. The summed E-state index contributed by atoms with van der Waals surface area (Å²) in [5, 5.41) is 12.7. The van der Waals surface area contributed by atoms with Gasteiger partial charge in [0.05, 0.1) is 0 Å². The highest BCUT2D eigenvalue weighted by atomic mass is 16.4. The van der Waals surface area contributed by atoms with Crippen LogP contribution < -0.4 is 16.4 Å². The summed E-state index contributed by atoms with van der Waals surface area (Å²) in [4.78, 5) is 43.2. The van der Waals surface area contributed by atoms with Gasteiger partial charge in [0.15, 0.2) is 0 Å². The number of primary amides is 1. The Morgan fingerprint density at radius 1 is 1.22 bits per heavy atom. The van der Waals surface area contributed by atoms with Crippen molar-refractivity contribution >= 4 is 23.8 Å². The fourth-order valence-electron chi connectivity index (χ4n) is 1.20. The lowest BCUT2D eigenvalue weighted by molar-refractivity contribution is -0.137. The van der Waals surface area contributed by atoms with Crippen molar-refractivity contribution < 1.29 is 24.3 Å². The molecule has 0 aromatic carbocycles. The van der Waals surface area contributed by atoms with Gasteiger partial charge in [-0.05, 0) is 13.3 Å². The van der Waals surface area contributed by atoms with Gasteiger partial charge in [-0.2, -0.15) is 0 Å². The van der Waals surface area contributed by atoms with E-state index in [-0.39, 0.29) is 25.7 Å². The standard InChI is InChI=1S/C10H17N3O5/c1-6(5-7(11)14)12-10(18)13-8(15)3-2-4-9(16)17/h6H,2-5H2,1H3,(H2,11,14)(H,16,17)(H2,12,13,15,18). The average molecular weight is 259 g/mol. The molecule has 0 fully saturated rings. The van der Waals surface area contributed by atoms with E-state index in [9.17, 15) is 19.2 Å². The summed E-state index contributed by atoms with van der Waals surface area (Å²) in [5.41, 5.74) is 4.93. The predicted molar refractivity (Wildman–Crippen MR) is 61.4 cm³/mol. The van der Waals surface area contributed by atoms with Crippen LogP contribution in [0.5, 0.6) is 0 Å². The third kappa shape index (κ3) is 9.13. The van der Waals surface area contributed by atoms with Crippen molar-refractivity contribution in [3.63, 3.8) is 0 Å². The van der Waals surface area contributed by atoms with Crippen LogP contribution in [0.15, 0.2) is 0 Å². The van der Waals surface area contributed by atoms with E-state index in [1.54, 1.807) is 6.92 Å². The lowest BCUT2D eigenvalue weighted by atomic mass is 10.2. The maximum atomic E-state index is 11.2. The maximum absolute atomic E-state index is 11.2. The number of hydrogen-bond donors (Lipinski definition) is 4. The SMILES string of the molecule is CC(CC(N)=O)NC(=O)NC(=O)CCCC(=O)O. The van der Waals surface area contributed by atoms with Gasteiger partial charge >= 0.3 is 12.0 Å². The van der Waals surface area contributed by atoms with E-state index in [0.29, 0.717) is 0 Å². The zero-order valence-corrected chi connectivity index (χ0v) is 10.1. The van der Waals surface area contributed by atoms with Crippen molar-refractivity contribution in [1.82, 2.24) is 10.6 Å². The number of carbonyl (C=O) groups excluding carboxylic acids is 3. The molecule has 0 bridgehead atoms. The number of carboxylic acid groups (broad SMARTS) is 1. The van der Waals surface area contributed by atoms with Gasteiger partial charge in [0.1, 0.15) is 0 Å². The zero-order valence-electron chi connectivity index (χ0n) is 10.1. The highest BCUT2D eigenvalue weighted by Crippen LogP contribution is 1.95. The molecule has 0 spiro atoms. The van der Waals surface area contributed by atoms with Gasteiger partial charge in [-0.15, -0.1) is 0 Å². The van der Waals surface area contributed by atoms with Crippen molar-refractivity contribution in [1.29, 1.82) is 0 Å². The highest BCUT2D eigenvalue weighted by molar-refractivity contribution is 5.94. The number of amides is 4. The van der Waals surface area contributed by atoms with E-state index in [4.69, 9.17) is 10.8 Å². The van der Waals surface area contributed by atoms with Crippen LogP contribution in [0.1, 0.15) is 32.6 Å². The minimum atomic E-state index is -0.998. The second kappa shape index (κ2) is 8.04. The molecular formula is C10H17N3O5. The second-order valence-corrected chi connectivity index (χ2v) is 3.84. The fraction of sp³-hybridized carbons (Fsp3) is 0.600. The molecule has 1 unspecified atom stereocenters. The normalized spacial score (nSPS) is 11.4. The first-order valence-corrected chi connectivity index (χ1v) is 5.41. The predicted octanol–water partition coefficient (Wildman–Crippen LogP) is -0.669. The van der Waals surface area contributed by atoms with E-state index in [2.05, 4.69) is 5.32 Å². The molecule has 0 saturated heterocycles. The number of hydrogen-bond acceptors (Lipinski definition) is 4. The van der Waals surface area contributed by atoms with E-state index in [1.807, 2.05) is 5.32 Å². The van der Waals surface area contributed by atoms with E-state index >= 15 is 0 Å². The minimum Gasteiger partial charge on any atom is -0.481 e. The molecule has 102 valence electrons. The van der Waals surface area contributed by atoms with Crippen LogP contribution in [0, 0.1) is 0 Å². The van der Waals surface area contributed by atoms with Crippen molar-refractivity contribution in [3.8, 4) is 0 Å². The van der Waals surface area contributed by atoms with E-state index in [0.717, 1.165) is 0 Å². The Labute approximate surface area is 104 Å². The van der Waals surface area contributed by atoms with Gasteiger partial charge in [0, 0.05) is 25.3 Å². The van der Waals surface area contributed by atoms with E-state index in [1.165, 1.54) is 0 Å². The van der Waals surface area contributed by atoms with Crippen LogP contribution in [-0.2, 0) is 14.4 Å². The highest BCUT2D eigenvalue weighted by Gasteiger charge is 2.12. The average Bonchev–Trinajstić information content (AvgIpc) is 2.14. The van der Waals surface area contributed by atoms with Crippen molar-refractivity contribution in [3.05, 3.63) is 0 Å². The van der Waals surface area contributed by atoms with Crippen LogP contribution in [0.25, 0.3) is 0 Å². The largest absolute Gasteiger partial charge is 0.481 e. The molecule has 0 aliphatic rings. The van der Waals surface area contributed by atoms with Crippen LogP contribution in [0.2, 0.25) is 0 Å². The van der Waals surface area contributed by atoms with Crippen LogP contribution in [-0.4, -0.2) is 35.0 Å². The number of urea groups is 1. The molecule has 0 aliphatic carbocycles. The molecule has 8 heteroatoms. The molecule has 8 nitrogen and oxygen atoms in total. The van der Waals surface area contributed by atoms with Crippen LogP contribution >= 0.6 is 0 Å². The molecule has 0 aromatic heterocycles. The number of imide groups is 1. The topological polar surface area (TPSA) is 139 Å². The Balaban J connectivity index is 3.83. The first-order chi connectivity index (χ1) is 8.31. The third-order valence-electron chi connectivity index (χ3n) is 1.93. The molecule has 0 heterocycles. The van der Waals surface area contributed by atoms with Gasteiger partial charge in [0.2, 0.25) is 11.8 Å². The first kappa shape index (κ1) is 15.9. The Hall–Kier alpha value is -2.12. The quantitative estimate of drug-likeness (QED) is 0.480. The molecule has 0 aliphatic heterocycles. The van der Waals surface area contributed by atoms with Gasteiger partial charge in [-0.25, -0.2) is 4.79 Å². The molecular weight excluding hydrogens is 242 g/mol. The summed E-state index contributed by atoms with van der Waals surface area (Å²) in [5.74, 6) is -2.13. The monoisotopic (exact) mass is 259 g/mol. The summed E-state index contributed by atoms with van der Waals surface area (Å²) in [6, 6.07) is -1.21. The minimum absolute atomic E-state index is 0.0272. The van der Waals surface area contributed by atoms with Gasteiger partial charge in [-0.1, -0.05) is 0 Å². The van der Waals surface area contributed by atoms with Crippen LogP contribution in [0.3, 0.4) is 0 Å². The molecule has 5 N–H and O–H groups in total. The molecule has 1 atom stereocenters. The Morgan fingerprint density at radius 3 is 2.33 bits per heavy atom. The Kier molecular flexibility index (Phi) is 7.10. The summed E-state index contributed by atoms with van der Waals surface area (Å²) < 4.78 is 0. The summed E-state index contributed by atoms with van der Waals surface area (Å²) >= 11 is 0. The smallest absolute Gasteiger partial charge is 0.321 e. The lowest BCUT2D eigenvalue weighted by Crippen LogP contribution is -2.44. The summed E-state index contributed by atoms with van der Waals surface area (Å²) in [6.45, 7) is 1.57. The van der Waals surface area contributed by atoms with Gasteiger partial charge < -0.3 is 16.2 Å². The molecule has 0 rings (SSSR count). The molecule has 0 saturated carbocycles. The second-order valence-electron chi connectivity index (χ2n) is 3.84. The summed E-state index contributed by atoms with van der Waals surface area (Å²) in [6.07, 6.45) is -0.0526. The first-order valence-electron chi connectivity index (χ1n) is 5.41. The molecule has 0 radical (unpaired) electrons. The molecule has 0 aromatic rings. The van der Waals surface area contributed by atoms with Crippen LogP contribution in [0.4, 0.5) is 4.79 Å². The molecule has 4 amide bonds.